The zero-order valence-corrected chi connectivity index (χ0v) is 16.8. The molecule has 0 amide bonds. The molecule has 7 heteroatoms. The van der Waals surface area contributed by atoms with Gasteiger partial charge in [-0.25, -0.2) is 9.97 Å². The predicted octanol–water partition coefficient (Wildman–Crippen LogP) is 3.68. The first-order valence-electron chi connectivity index (χ1n) is 9.34. The summed E-state index contributed by atoms with van der Waals surface area (Å²) in [6.07, 6.45) is 8.05. The van der Waals surface area contributed by atoms with E-state index in [1.54, 1.807) is 41.2 Å². The number of aromatic hydroxyl groups is 1. The molecule has 3 aromatic heterocycles. The van der Waals surface area contributed by atoms with Crippen LogP contribution in [-0.4, -0.2) is 31.7 Å². The second-order valence-electron chi connectivity index (χ2n) is 6.84. The normalized spacial score (nSPS) is 11.3. The maximum absolute atomic E-state index is 13.4. The second kappa shape index (κ2) is 7.79. The molecule has 0 bridgehead atoms. The number of pyridine rings is 2. The number of nitrogens with zero attached hydrogens (tertiary/aromatic N) is 4. The van der Waals surface area contributed by atoms with Crippen LogP contribution < -0.4 is 10.3 Å². The summed E-state index contributed by atoms with van der Waals surface area (Å²) in [5, 5.41) is 10.8. The van der Waals surface area contributed by atoms with Crippen molar-refractivity contribution in [3.63, 3.8) is 0 Å². The van der Waals surface area contributed by atoms with Crippen LogP contribution in [0.3, 0.4) is 0 Å². The molecule has 30 heavy (non-hydrogen) atoms. The Balaban J connectivity index is 1.99. The first kappa shape index (κ1) is 19.3. The number of hydrogen-bond donors (Lipinski definition) is 1. The molecule has 3 heterocycles. The number of methoxy groups -OCH3 is 1. The maximum Gasteiger partial charge on any atom is 0.266 e. The fraction of sp³-hybridized carbons (Fsp3) is 0.130. The van der Waals surface area contributed by atoms with Gasteiger partial charge in [-0.05, 0) is 49.3 Å². The molecule has 4 rings (SSSR count). The van der Waals surface area contributed by atoms with Gasteiger partial charge in [0.15, 0.2) is 5.75 Å². The molecular weight excluding hydrogens is 380 g/mol. The number of aryl methyl sites for hydroxylation is 2. The molecule has 0 radical (unpaired) electrons. The third-order valence-corrected chi connectivity index (χ3v) is 4.89. The summed E-state index contributed by atoms with van der Waals surface area (Å²) < 4.78 is 6.66. The standard InChI is InChI=1S/C23H20N4O3/c1-14-5-4-6-15(2)20(14)27-19(26-18-13-24-11-10-17(18)23(27)29)8-7-16-9-12-25-22(30-3)21(16)28/h4-13,28H,1-3H3. The maximum atomic E-state index is 13.4. The lowest BCUT2D eigenvalue weighted by Crippen LogP contribution is -2.24. The molecule has 0 unspecified atom stereocenters. The smallest absolute Gasteiger partial charge is 0.266 e. The fourth-order valence-corrected chi connectivity index (χ4v) is 3.44. The number of benzene rings is 1. The average Bonchev–Trinajstić information content (AvgIpc) is 2.74. The average molecular weight is 400 g/mol. The van der Waals surface area contributed by atoms with Crippen LogP contribution in [0, 0.1) is 13.8 Å². The number of fused-ring (bicyclic) bond motifs is 1. The first-order chi connectivity index (χ1) is 14.5. The largest absolute Gasteiger partial charge is 0.503 e. The van der Waals surface area contributed by atoms with Gasteiger partial charge in [0.25, 0.3) is 11.4 Å². The van der Waals surface area contributed by atoms with E-state index in [9.17, 15) is 9.90 Å². The summed E-state index contributed by atoms with van der Waals surface area (Å²) >= 11 is 0. The fourth-order valence-electron chi connectivity index (χ4n) is 3.44. The summed E-state index contributed by atoms with van der Waals surface area (Å²) in [5.41, 5.74) is 3.50. The minimum atomic E-state index is -0.184. The van der Waals surface area contributed by atoms with Crippen LogP contribution in [0.25, 0.3) is 28.7 Å². The predicted molar refractivity (Wildman–Crippen MR) is 116 cm³/mol. The number of para-hydroxylation sites is 1. The molecular formula is C23H20N4O3. The SMILES string of the molecule is COc1nccc(C=Cc2nc3cnccc3c(=O)n2-c2c(C)cccc2C)c1O. The Bertz CT molecular complexity index is 1320. The zero-order chi connectivity index (χ0) is 21.3. The van der Waals surface area contributed by atoms with Crippen LogP contribution in [0.15, 0.2) is 53.7 Å². The lowest BCUT2D eigenvalue weighted by molar-refractivity contribution is 0.358. The topological polar surface area (TPSA) is 90.1 Å². The Labute approximate surface area is 173 Å². The van der Waals surface area contributed by atoms with Gasteiger partial charge in [-0.2, -0.15) is 0 Å². The van der Waals surface area contributed by atoms with E-state index in [4.69, 9.17) is 4.74 Å². The molecule has 1 N–H and O–H groups in total. The second-order valence-corrected chi connectivity index (χ2v) is 6.84. The van der Waals surface area contributed by atoms with Gasteiger partial charge in [0.05, 0.1) is 29.9 Å². The van der Waals surface area contributed by atoms with Crippen molar-refractivity contribution in [2.24, 2.45) is 0 Å². The third-order valence-electron chi connectivity index (χ3n) is 4.89. The van der Waals surface area contributed by atoms with Gasteiger partial charge in [-0.15, -0.1) is 0 Å². The molecule has 0 aliphatic heterocycles. The third kappa shape index (κ3) is 3.30. The highest BCUT2D eigenvalue weighted by Gasteiger charge is 2.15. The highest BCUT2D eigenvalue weighted by atomic mass is 16.5. The summed E-state index contributed by atoms with van der Waals surface area (Å²) in [4.78, 5) is 26.1. The Morgan fingerprint density at radius 3 is 2.57 bits per heavy atom. The van der Waals surface area contributed by atoms with E-state index in [1.165, 1.54) is 13.3 Å². The van der Waals surface area contributed by atoms with E-state index in [-0.39, 0.29) is 17.2 Å². The highest BCUT2D eigenvalue weighted by Crippen LogP contribution is 2.28. The van der Waals surface area contributed by atoms with Crippen LogP contribution in [0.2, 0.25) is 0 Å². The van der Waals surface area contributed by atoms with E-state index in [1.807, 2.05) is 32.0 Å². The van der Waals surface area contributed by atoms with E-state index in [0.717, 1.165) is 16.8 Å². The van der Waals surface area contributed by atoms with E-state index in [0.29, 0.717) is 22.3 Å². The summed E-state index contributed by atoms with van der Waals surface area (Å²) in [5.74, 6) is 0.465. The van der Waals surface area contributed by atoms with Crippen molar-refractivity contribution in [2.45, 2.75) is 13.8 Å². The van der Waals surface area contributed by atoms with Crippen molar-refractivity contribution in [1.82, 2.24) is 19.5 Å². The van der Waals surface area contributed by atoms with Crippen molar-refractivity contribution in [1.29, 1.82) is 0 Å². The lowest BCUT2D eigenvalue weighted by Gasteiger charge is -2.16. The Kier molecular flexibility index (Phi) is 5.02. The van der Waals surface area contributed by atoms with E-state index >= 15 is 0 Å². The molecule has 0 atom stereocenters. The minimum Gasteiger partial charge on any atom is -0.503 e. The molecule has 0 fully saturated rings. The number of aromatic nitrogens is 4. The van der Waals surface area contributed by atoms with Crippen molar-refractivity contribution in [3.05, 3.63) is 81.8 Å². The van der Waals surface area contributed by atoms with Gasteiger partial charge in [-0.3, -0.25) is 14.3 Å². The number of hydrogen-bond acceptors (Lipinski definition) is 6. The quantitative estimate of drug-likeness (QED) is 0.562. The van der Waals surface area contributed by atoms with Crippen LogP contribution in [-0.2, 0) is 0 Å². The molecule has 0 saturated carbocycles. The summed E-state index contributed by atoms with van der Waals surface area (Å²) in [6, 6.07) is 9.19. The lowest BCUT2D eigenvalue weighted by atomic mass is 10.1. The van der Waals surface area contributed by atoms with Gasteiger partial charge in [-0.1, -0.05) is 18.2 Å². The molecule has 0 aliphatic rings. The van der Waals surface area contributed by atoms with Crippen LogP contribution in [0.4, 0.5) is 0 Å². The Morgan fingerprint density at radius 2 is 1.83 bits per heavy atom. The summed E-state index contributed by atoms with van der Waals surface area (Å²) in [6.45, 7) is 3.91. The van der Waals surface area contributed by atoms with Crippen LogP contribution >= 0.6 is 0 Å². The van der Waals surface area contributed by atoms with E-state index < -0.39 is 0 Å². The number of ether oxygens (including phenoxy) is 1. The van der Waals surface area contributed by atoms with Gasteiger partial charge >= 0.3 is 0 Å². The van der Waals surface area contributed by atoms with Crippen molar-refractivity contribution in [3.8, 4) is 17.3 Å². The Hall–Kier alpha value is -4.00. The zero-order valence-electron chi connectivity index (χ0n) is 16.8. The Morgan fingerprint density at radius 1 is 1.07 bits per heavy atom. The van der Waals surface area contributed by atoms with Gasteiger partial charge in [0.1, 0.15) is 5.82 Å². The monoisotopic (exact) mass is 400 g/mol. The van der Waals surface area contributed by atoms with E-state index in [2.05, 4.69) is 15.0 Å². The highest BCUT2D eigenvalue weighted by molar-refractivity contribution is 5.80. The van der Waals surface area contributed by atoms with Crippen molar-refractivity contribution in [2.75, 3.05) is 7.11 Å². The first-order valence-corrected chi connectivity index (χ1v) is 9.34. The minimum absolute atomic E-state index is 0.0836. The van der Waals surface area contributed by atoms with Gasteiger partial charge < -0.3 is 9.84 Å². The van der Waals surface area contributed by atoms with Crippen LogP contribution in [0.5, 0.6) is 11.6 Å². The molecule has 0 saturated heterocycles. The summed E-state index contributed by atoms with van der Waals surface area (Å²) in [7, 11) is 1.44. The molecule has 4 aromatic rings. The molecule has 1 aromatic carbocycles. The van der Waals surface area contributed by atoms with Crippen molar-refractivity contribution >= 4 is 23.1 Å². The molecule has 150 valence electrons. The van der Waals surface area contributed by atoms with Crippen LogP contribution in [0.1, 0.15) is 22.5 Å². The van der Waals surface area contributed by atoms with Gasteiger partial charge in [0.2, 0.25) is 0 Å². The van der Waals surface area contributed by atoms with Gasteiger partial charge in [0, 0.05) is 18.0 Å². The molecule has 0 spiro atoms. The molecule has 0 aliphatic carbocycles. The van der Waals surface area contributed by atoms with Crippen molar-refractivity contribution < 1.29 is 9.84 Å². The molecule has 7 nitrogen and oxygen atoms in total. The number of rotatable bonds is 4.